The van der Waals surface area contributed by atoms with E-state index in [1.165, 1.54) is 6.07 Å². The van der Waals surface area contributed by atoms with Gasteiger partial charge in [-0.2, -0.15) is 0 Å². The van der Waals surface area contributed by atoms with E-state index in [0.29, 0.717) is 5.69 Å². The summed E-state index contributed by atoms with van der Waals surface area (Å²) in [6.07, 6.45) is 1.93. The fraction of sp³-hybridized carbons (Fsp3) is 0.0833. The molecule has 0 aliphatic rings. The SMILES string of the molecule is CSc1cccc(NC(=O)c2cc([N+](=O)[O-])c(Cl)s2)c1. The highest BCUT2D eigenvalue weighted by atomic mass is 35.5. The second-order valence-corrected chi connectivity index (χ2v) is 6.25. The van der Waals surface area contributed by atoms with E-state index in [9.17, 15) is 14.9 Å². The van der Waals surface area contributed by atoms with Gasteiger partial charge in [0.1, 0.15) is 4.88 Å². The van der Waals surface area contributed by atoms with Gasteiger partial charge in [0.25, 0.3) is 11.6 Å². The third-order valence-corrected chi connectivity index (χ3v) is 4.48. The van der Waals surface area contributed by atoms with Crippen LogP contribution in [0.5, 0.6) is 0 Å². The molecule has 2 rings (SSSR count). The van der Waals surface area contributed by atoms with E-state index in [4.69, 9.17) is 11.6 Å². The number of carbonyl (C=O) groups excluding carboxylic acids is 1. The maximum atomic E-state index is 12.0. The summed E-state index contributed by atoms with van der Waals surface area (Å²) >= 11 is 8.17. The monoisotopic (exact) mass is 328 g/mol. The van der Waals surface area contributed by atoms with E-state index in [1.54, 1.807) is 17.8 Å². The molecule has 1 aromatic carbocycles. The van der Waals surface area contributed by atoms with Crippen molar-refractivity contribution in [3.05, 3.63) is 49.7 Å². The Morgan fingerprint density at radius 3 is 2.80 bits per heavy atom. The molecule has 1 heterocycles. The second kappa shape index (κ2) is 6.25. The number of nitrogens with zero attached hydrogens (tertiary/aromatic N) is 1. The van der Waals surface area contributed by atoms with E-state index < -0.39 is 10.8 Å². The van der Waals surface area contributed by atoms with Gasteiger partial charge in [0, 0.05) is 16.6 Å². The first-order valence-electron chi connectivity index (χ1n) is 5.40. The van der Waals surface area contributed by atoms with Crippen molar-refractivity contribution in [1.82, 2.24) is 0 Å². The number of rotatable bonds is 4. The van der Waals surface area contributed by atoms with Crippen LogP contribution in [-0.2, 0) is 0 Å². The molecule has 104 valence electrons. The van der Waals surface area contributed by atoms with Gasteiger partial charge in [0.15, 0.2) is 4.34 Å². The van der Waals surface area contributed by atoms with Crippen LogP contribution >= 0.6 is 34.7 Å². The molecule has 0 aliphatic carbocycles. The lowest BCUT2D eigenvalue weighted by Gasteiger charge is -2.04. The number of thiophene rings is 1. The quantitative estimate of drug-likeness (QED) is 0.516. The fourth-order valence-corrected chi connectivity index (χ4v) is 3.07. The molecule has 0 atom stereocenters. The number of benzene rings is 1. The highest BCUT2D eigenvalue weighted by Gasteiger charge is 2.21. The van der Waals surface area contributed by atoms with Gasteiger partial charge in [0.05, 0.1) is 4.92 Å². The fourth-order valence-electron chi connectivity index (χ4n) is 1.49. The lowest BCUT2D eigenvalue weighted by Crippen LogP contribution is -2.10. The summed E-state index contributed by atoms with van der Waals surface area (Å²) < 4.78 is -0.00184. The van der Waals surface area contributed by atoms with Gasteiger partial charge in [-0.3, -0.25) is 14.9 Å². The van der Waals surface area contributed by atoms with Gasteiger partial charge >= 0.3 is 0 Å². The van der Waals surface area contributed by atoms with Crippen molar-refractivity contribution < 1.29 is 9.72 Å². The maximum Gasteiger partial charge on any atom is 0.299 e. The molecular formula is C12H9ClN2O3S2. The van der Waals surface area contributed by atoms with E-state index in [0.717, 1.165) is 16.2 Å². The molecule has 0 fully saturated rings. The van der Waals surface area contributed by atoms with Crippen LogP contribution in [-0.4, -0.2) is 17.1 Å². The Labute approximate surface area is 128 Å². The number of nitro groups is 1. The standard InChI is InChI=1S/C12H9ClN2O3S2/c1-19-8-4-2-3-7(5-8)14-12(16)10-6-9(15(17)18)11(13)20-10/h2-6H,1H3,(H,14,16). The number of nitrogens with one attached hydrogen (secondary N) is 1. The van der Waals surface area contributed by atoms with Gasteiger partial charge < -0.3 is 5.32 Å². The zero-order valence-electron chi connectivity index (χ0n) is 10.3. The van der Waals surface area contributed by atoms with E-state index in [2.05, 4.69) is 5.32 Å². The molecule has 0 unspecified atom stereocenters. The smallest absolute Gasteiger partial charge is 0.299 e. The highest BCUT2D eigenvalue weighted by Crippen LogP contribution is 2.34. The van der Waals surface area contributed by atoms with Crippen molar-refractivity contribution in [2.75, 3.05) is 11.6 Å². The lowest BCUT2D eigenvalue weighted by atomic mass is 10.3. The second-order valence-electron chi connectivity index (χ2n) is 3.71. The summed E-state index contributed by atoms with van der Waals surface area (Å²) in [4.78, 5) is 23.3. The molecular weight excluding hydrogens is 320 g/mol. The minimum atomic E-state index is -0.607. The van der Waals surface area contributed by atoms with Crippen molar-refractivity contribution in [3.8, 4) is 0 Å². The molecule has 1 aromatic heterocycles. The molecule has 8 heteroatoms. The molecule has 0 aliphatic heterocycles. The average Bonchev–Trinajstić information content (AvgIpc) is 2.81. The van der Waals surface area contributed by atoms with Crippen molar-refractivity contribution in [1.29, 1.82) is 0 Å². The van der Waals surface area contributed by atoms with Crippen LogP contribution in [0.2, 0.25) is 4.34 Å². The van der Waals surface area contributed by atoms with Crippen LogP contribution in [0.3, 0.4) is 0 Å². The molecule has 20 heavy (non-hydrogen) atoms. The van der Waals surface area contributed by atoms with Gasteiger partial charge in [-0.1, -0.05) is 17.7 Å². The van der Waals surface area contributed by atoms with E-state index in [1.807, 2.05) is 24.5 Å². The van der Waals surface area contributed by atoms with Crippen LogP contribution in [0.15, 0.2) is 35.2 Å². The van der Waals surface area contributed by atoms with Gasteiger partial charge in [-0.15, -0.1) is 23.1 Å². The number of hydrogen-bond acceptors (Lipinski definition) is 5. The number of halogens is 1. The Balaban J connectivity index is 2.19. The van der Waals surface area contributed by atoms with Gasteiger partial charge in [-0.25, -0.2) is 0 Å². The first-order chi connectivity index (χ1) is 9.51. The molecule has 1 N–H and O–H groups in total. The molecule has 0 saturated heterocycles. The zero-order valence-corrected chi connectivity index (χ0v) is 12.6. The summed E-state index contributed by atoms with van der Waals surface area (Å²) in [7, 11) is 0. The van der Waals surface area contributed by atoms with Crippen LogP contribution in [0.1, 0.15) is 9.67 Å². The molecule has 2 aromatic rings. The lowest BCUT2D eigenvalue weighted by molar-refractivity contribution is -0.384. The summed E-state index contributed by atoms with van der Waals surface area (Å²) in [6.45, 7) is 0. The summed E-state index contributed by atoms with van der Waals surface area (Å²) in [5.74, 6) is -0.414. The summed E-state index contributed by atoms with van der Waals surface area (Å²) in [5, 5.41) is 13.4. The molecule has 1 amide bonds. The summed E-state index contributed by atoms with van der Waals surface area (Å²) in [5.41, 5.74) is 0.383. The number of amides is 1. The molecule has 0 saturated carbocycles. The Morgan fingerprint density at radius 2 is 2.20 bits per heavy atom. The van der Waals surface area contributed by atoms with Crippen LogP contribution in [0, 0.1) is 10.1 Å². The first-order valence-corrected chi connectivity index (χ1v) is 7.82. The van der Waals surface area contributed by atoms with Crippen molar-refractivity contribution in [2.45, 2.75) is 4.90 Å². The summed E-state index contributed by atoms with van der Waals surface area (Å²) in [6, 6.07) is 8.51. The van der Waals surface area contributed by atoms with Crippen LogP contribution < -0.4 is 5.32 Å². The number of thioether (sulfide) groups is 1. The Morgan fingerprint density at radius 1 is 1.45 bits per heavy atom. The van der Waals surface area contributed by atoms with Crippen molar-refractivity contribution in [2.24, 2.45) is 0 Å². The Kier molecular flexibility index (Phi) is 4.64. The van der Waals surface area contributed by atoms with Crippen molar-refractivity contribution in [3.63, 3.8) is 0 Å². The third kappa shape index (κ3) is 3.30. The third-order valence-electron chi connectivity index (χ3n) is 2.42. The minimum Gasteiger partial charge on any atom is -0.321 e. The molecule has 0 bridgehead atoms. The van der Waals surface area contributed by atoms with Crippen LogP contribution in [0.25, 0.3) is 0 Å². The molecule has 0 radical (unpaired) electrons. The number of hydrogen-bond donors (Lipinski definition) is 1. The Bertz CT molecular complexity index is 672. The molecule has 5 nitrogen and oxygen atoms in total. The Hall–Kier alpha value is -1.57. The predicted octanol–water partition coefficient (Wildman–Crippen LogP) is 4.28. The molecule has 0 spiro atoms. The largest absolute Gasteiger partial charge is 0.321 e. The maximum absolute atomic E-state index is 12.0. The highest BCUT2D eigenvalue weighted by molar-refractivity contribution is 7.98. The van der Waals surface area contributed by atoms with Gasteiger partial charge in [-0.05, 0) is 24.5 Å². The van der Waals surface area contributed by atoms with E-state index in [-0.39, 0.29) is 14.9 Å². The number of carbonyl (C=O) groups is 1. The first kappa shape index (κ1) is 14.8. The normalized spacial score (nSPS) is 10.3. The number of anilines is 1. The van der Waals surface area contributed by atoms with E-state index >= 15 is 0 Å². The minimum absolute atomic E-state index is 0.00184. The van der Waals surface area contributed by atoms with Gasteiger partial charge in [0.2, 0.25) is 0 Å². The van der Waals surface area contributed by atoms with Crippen molar-refractivity contribution >= 4 is 52.0 Å². The zero-order chi connectivity index (χ0) is 14.7. The topological polar surface area (TPSA) is 72.2 Å². The van der Waals surface area contributed by atoms with Crippen LogP contribution in [0.4, 0.5) is 11.4 Å². The average molecular weight is 329 g/mol. The predicted molar refractivity (Wildman–Crippen MR) is 82.2 cm³/mol.